The lowest BCUT2D eigenvalue weighted by molar-refractivity contribution is -0.186. The fraction of sp³-hybridized carbons (Fsp3) is 0.351. The van der Waals surface area contributed by atoms with Gasteiger partial charge in [0, 0.05) is 22.2 Å². The molecule has 0 saturated carbocycles. The molecule has 13 heteroatoms. The van der Waals surface area contributed by atoms with E-state index in [4.69, 9.17) is 58.5 Å². The third-order valence-corrected chi connectivity index (χ3v) is 8.65. The van der Waals surface area contributed by atoms with Gasteiger partial charge in [-0.2, -0.15) is 5.10 Å². The molecule has 0 aliphatic carbocycles. The van der Waals surface area contributed by atoms with Crippen molar-refractivity contribution in [2.75, 3.05) is 13.2 Å². The number of rotatable bonds is 13. The topological polar surface area (TPSA) is 107 Å². The van der Waals surface area contributed by atoms with Gasteiger partial charge in [-0.15, -0.1) is 0 Å². The van der Waals surface area contributed by atoms with Gasteiger partial charge in [0.05, 0.1) is 28.9 Å². The second kappa shape index (κ2) is 17.8. The number of fused-ring (bicyclic) bond motifs is 1. The molecule has 2 aromatic heterocycles. The van der Waals surface area contributed by atoms with Crippen LogP contribution in [0.15, 0.2) is 85.6 Å². The Morgan fingerprint density at radius 2 is 1.84 bits per heavy atom. The van der Waals surface area contributed by atoms with Crippen molar-refractivity contribution >= 4 is 51.7 Å². The maximum absolute atomic E-state index is 11.9. The van der Waals surface area contributed by atoms with Crippen molar-refractivity contribution < 1.29 is 28.5 Å². The highest BCUT2D eigenvalue weighted by Crippen LogP contribution is 2.41. The molecule has 1 fully saturated rings. The second-order valence-corrected chi connectivity index (χ2v) is 13.1. The van der Waals surface area contributed by atoms with E-state index in [-0.39, 0.29) is 24.8 Å². The SMILES string of the molecule is CC1COC(Cn2cncn2)(c2ccc(Oc3ccc(Cl)cc3)cc2Cl)O1.CCCCCC(C)OC(=O)COc1ccc(Cl)c2cccnc12. The molecule has 3 aromatic carbocycles. The molecule has 1 aliphatic heterocycles. The van der Waals surface area contributed by atoms with Gasteiger partial charge < -0.3 is 23.7 Å². The number of nitrogens with zero attached hydrogens (tertiary/aromatic N) is 4. The first-order valence-corrected chi connectivity index (χ1v) is 17.5. The Kier molecular flexibility index (Phi) is 13.3. The van der Waals surface area contributed by atoms with E-state index in [0.29, 0.717) is 56.5 Å². The summed E-state index contributed by atoms with van der Waals surface area (Å²) >= 11 is 18.6. The summed E-state index contributed by atoms with van der Waals surface area (Å²) in [7, 11) is 0. The van der Waals surface area contributed by atoms with Gasteiger partial charge in [0.15, 0.2) is 6.61 Å². The predicted octanol–water partition coefficient (Wildman–Crippen LogP) is 9.44. The number of halogens is 3. The van der Waals surface area contributed by atoms with Gasteiger partial charge in [-0.3, -0.25) is 4.98 Å². The van der Waals surface area contributed by atoms with Crippen LogP contribution >= 0.6 is 34.8 Å². The van der Waals surface area contributed by atoms with E-state index in [9.17, 15) is 4.79 Å². The molecular formula is C37H39Cl3N4O6. The summed E-state index contributed by atoms with van der Waals surface area (Å²) in [4.78, 5) is 20.1. The number of benzene rings is 3. The van der Waals surface area contributed by atoms with Crippen LogP contribution in [-0.4, -0.2) is 51.1 Å². The molecule has 10 nitrogen and oxygen atoms in total. The van der Waals surface area contributed by atoms with Crippen LogP contribution < -0.4 is 9.47 Å². The van der Waals surface area contributed by atoms with E-state index in [2.05, 4.69) is 22.0 Å². The van der Waals surface area contributed by atoms with Crippen molar-refractivity contribution in [3.8, 4) is 17.2 Å². The van der Waals surface area contributed by atoms with Gasteiger partial charge in [0.1, 0.15) is 42.0 Å². The van der Waals surface area contributed by atoms with Crippen molar-refractivity contribution in [1.82, 2.24) is 19.7 Å². The van der Waals surface area contributed by atoms with E-state index in [1.165, 1.54) is 6.33 Å². The zero-order valence-electron chi connectivity index (χ0n) is 28.1. The molecule has 3 atom stereocenters. The maximum Gasteiger partial charge on any atom is 0.344 e. The largest absolute Gasteiger partial charge is 0.480 e. The van der Waals surface area contributed by atoms with Gasteiger partial charge in [-0.25, -0.2) is 14.5 Å². The van der Waals surface area contributed by atoms with E-state index in [1.54, 1.807) is 59.7 Å². The molecule has 5 aromatic rings. The Balaban J connectivity index is 0.000000197. The molecule has 50 heavy (non-hydrogen) atoms. The molecule has 0 bridgehead atoms. The zero-order chi connectivity index (χ0) is 35.5. The van der Waals surface area contributed by atoms with E-state index >= 15 is 0 Å². The summed E-state index contributed by atoms with van der Waals surface area (Å²) < 4.78 is 30.5. The minimum Gasteiger partial charge on any atom is -0.480 e. The number of hydrogen-bond acceptors (Lipinski definition) is 9. The summed E-state index contributed by atoms with van der Waals surface area (Å²) in [6.07, 6.45) is 8.86. The number of unbranched alkanes of at least 4 members (excludes halogenated alkanes) is 2. The highest BCUT2D eigenvalue weighted by Gasteiger charge is 2.44. The molecule has 3 heterocycles. The number of carbonyl (C=O) groups is 1. The lowest BCUT2D eigenvalue weighted by Gasteiger charge is -2.29. The van der Waals surface area contributed by atoms with Crippen LogP contribution in [0.4, 0.5) is 0 Å². The number of aromatic nitrogens is 4. The van der Waals surface area contributed by atoms with E-state index in [1.807, 2.05) is 38.1 Å². The first-order valence-electron chi connectivity index (χ1n) is 16.4. The standard InChI is InChI=1S/C19H17Cl2N3O3.C18H22ClNO3/c1-13-9-25-19(27-13,10-24-12-22-11-23-24)17-7-6-16(8-18(17)21)26-15-4-2-14(20)3-5-15;1-3-4-5-7-13(2)23-17(21)12-22-16-10-9-15(19)14-8-6-11-20-18(14)16/h2-8,11-13H,9-10H2,1H3;6,8-11,13H,3-5,7,12H2,1-2H3. The van der Waals surface area contributed by atoms with Gasteiger partial charge in [0.2, 0.25) is 5.79 Å². The number of carbonyl (C=O) groups excluding carboxylic acids is 1. The Bertz CT molecular complexity index is 1840. The fourth-order valence-electron chi connectivity index (χ4n) is 5.35. The second-order valence-electron chi connectivity index (χ2n) is 11.8. The number of hydrogen-bond donors (Lipinski definition) is 0. The van der Waals surface area contributed by atoms with Crippen LogP contribution in [0.1, 0.15) is 52.0 Å². The first-order chi connectivity index (χ1) is 24.2. The highest BCUT2D eigenvalue weighted by atomic mass is 35.5. The molecule has 1 aliphatic rings. The van der Waals surface area contributed by atoms with Crippen LogP contribution in [0.3, 0.4) is 0 Å². The van der Waals surface area contributed by atoms with Crippen LogP contribution in [0.5, 0.6) is 17.2 Å². The minimum absolute atomic E-state index is 0.0606. The molecule has 3 unspecified atom stereocenters. The summed E-state index contributed by atoms with van der Waals surface area (Å²) in [5.74, 6) is 0.410. The third-order valence-electron chi connectivity index (χ3n) is 7.75. The van der Waals surface area contributed by atoms with Crippen molar-refractivity contribution in [3.05, 3.63) is 106 Å². The van der Waals surface area contributed by atoms with Crippen LogP contribution in [0.25, 0.3) is 10.9 Å². The zero-order valence-corrected chi connectivity index (χ0v) is 30.3. The Labute approximate surface area is 306 Å². The van der Waals surface area contributed by atoms with Gasteiger partial charge in [-0.05, 0) is 93.4 Å². The molecule has 0 amide bonds. The number of esters is 1. The molecule has 0 spiro atoms. The van der Waals surface area contributed by atoms with E-state index in [0.717, 1.165) is 31.1 Å². The van der Waals surface area contributed by atoms with Crippen molar-refractivity contribution in [3.63, 3.8) is 0 Å². The Hall–Kier alpha value is -3.93. The Morgan fingerprint density at radius 3 is 2.54 bits per heavy atom. The molecule has 264 valence electrons. The summed E-state index contributed by atoms with van der Waals surface area (Å²) in [5.41, 5.74) is 1.36. The van der Waals surface area contributed by atoms with E-state index < -0.39 is 5.79 Å². The average molecular weight is 742 g/mol. The van der Waals surface area contributed by atoms with Gasteiger partial charge in [0.25, 0.3) is 0 Å². The third kappa shape index (κ3) is 10.1. The Morgan fingerprint density at radius 1 is 1.04 bits per heavy atom. The monoisotopic (exact) mass is 740 g/mol. The van der Waals surface area contributed by atoms with Crippen LogP contribution in [0.2, 0.25) is 15.1 Å². The maximum atomic E-state index is 11.9. The van der Waals surface area contributed by atoms with Gasteiger partial charge in [-0.1, -0.05) is 54.6 Å². The minimum atomic E-state index is -1.02. The lowest BCUT2D eigenvalue weighted by atomic mass is 10.1. The number of pyridine rings is 1. The lowest BCUT2D eigenvalue weighted by Crippen LogP contribution is -2.34. The highest BCUT2D eigenvalue weighted by molar-refractivity contribution is 6.35. The van der Waals surface area contributed by atoms with Crippen molar-refractivity contribution in [1.29, 1.82) is 0 Å². The summed E-state index contributed by atoms with van der Waals surface area (Å²) in [6, 6.07) is 19.7. The van der Waals surface area contributed by atoms with Crippen molar-refractivity contribution in [2.45, 2.75) is 71.0 Å². The fourth-order valence-corrected chi connectivity index (χ4v) is 6.01. The van der Waals surface area contributed by atoms with Crippen LogP contribution in [0, 0.1) is 0 Å². The molecule has 0 radical (unpaired) electrons. The molecular weight excluding hydrogens is 703 g/mol. The van der Waals surface area contributed by atoms with Crippen molar-refractivity contribution in [2.24, 2.45) is 0 Å². The molecule has 0 N–H and O–H groups in total. The average Bonchev–Trinajstić information content (AvgIpc) is 3.76. The summed E-state index contributed by atoms with van der Waals surface area (Å²) in [6.45, 7) is 6.69. The number of ether oxygens (including phenoxy) is 5. The quantitative estimate of drug-likeness (QED) is 0.0862. The smallest absolute Gasteiger partial charge is 0.344 e. The summed E-state index contributed by atoms with van der Waals surface area (Å²) in [5, 5.41) is 6.69. The molecule has 1 saturated heterocycles. The van der Waals surface area contributed by atoms with Crippen LogP contribution in [-0.2, 0) is 31.3 Å². The van der Waals surface area contributed by atoms with Gasteiger partial charge >= 0.3 is 5.97 Å². The predicted molar refractivity (Wildman–Crippen MR) is 193 cm³/mol. The molecule has 6 rings (SSSR count). The normalized spacial score (nSPS) is 17.5. The first kappa shape index (κ1) is 37.3.